The van der Waals surface area contributed by atoms with Crippen LogP contribution in [0.25, 0.3) is 87.7 Å². The molecule has 12 rings (SSSR count). The molecule has 55 heavy (non-hydrogen) atoms. The van der Waals surface area contributed by atoms with Crippen LogP contribution in [0.3, 0.4) is 0 Å². The number of hydrogen-bond acceptors (Lipinski definition) is 7. The van der Waals surface area contributed by atoms with Crippen LogP contribution >= 0.6 is 0 Å². The highest BCUT2D eigenvalue weighted by Gasteiger charge is 2.26. The topological polar surface area (TPSA) is 89.1 Å². The smallest absolute Gasteiger partial charge is 0.159 e. The van der Waals surface area contributed by atoms with Gasteiger partial charge >= 0.3 is 0 Å². The molecule has 1 N–H and O–H groups in total. The summed E-state index contributed by atoms with van der Waals surface area (Å²) >= 11 is 0. The van der Waals surface area contributed by atoms with Crippen LogP contribution in [0, 0.1) is 0 Å². The number of aliphatic imine (C=N–C) groups is 2. The van der Waals surface area contributed by atoms with Crippen LogP contribution in [0.2, 0.25) is 0 Å². The SMILES string of the molecule is c1ccc2cc(C3=NC(c4ccc5c(c4)oc4ccccc45)NC(c4cccc5oc6c(-c7cccc8oc9ccccc9c78)cncc6c45)=N3)ccc2c1. The van der Waals surface area contributed by atoms with Crippen molar-refractivity contribution in [3.63, 3.8) is 0 Å². The predicted molar refractivity (Wildman–Crippen MR) is 221 cm³/mol. The maximum Gasteiger partial charge on any atom is 0.159 e. The van der Waals surface area contributed by atoms with Gasteiger partial charge in [-0.3, -0.25) is 4.98 Å². The summed E-state index contributed by atoms with van der Waals surface area (Å²) in [6, 6.07) is 49.5. The molecule has 0 saturated heterocycles. The van der Waals surface area contributed by atoms with E-state index in [2.05, 4.69) is 90.2 Å². The molecule has 11 aromatic rings. The van der Waals surface area contributed by atoms with Crippen LogP contribution < -0.4 is 5.32 Å². The molecule has 7 nitrogen and oxygen atoms in total. The third kappa shape index (κ3) is 4.60. The van der Waals surface area contributed by atoms with Crippen molar-refractivity contribution in [1.29, 1.82) is 0 Å². The number of benzene rings is 7. The highest BCUT2D eigenvalue weighted by molar-refractivity contribution is 6.24. The molecule has 0 bridgehead atoms. The Labute approximate surface area is 312 Å². The molecule has 1 aliphatic heterocycles. The number of nitrogens with zero attached hydrogens (tertiary/aromatic N) is 3. The van der Waals surface area contributed by atoms with Crippen molar-refractivity contribution in [2.75, 3.05) is 0 Å². The van der Waals surface area contributed by atoms with E-state index in [4.69, 9.17) is 28.2 Å². The maximum atomic E-state index is 6.76. The Bertz CT molecular complexity index is 3440. The van der Waals surface area contributed by atoms with Gasteiger partial charge in [-0.1, -0.05) is 109 Å². The lowest BCUT2D eigenvalue weighted by Crippen LogP contribution is -2.33. The fourth-order valence-electron chi connectivity index (χ4n) is 8.26. The Hall–Kier alpha value is -7.51. The summed E-state index contributed by atoms with van der Waals surface area (Å²) < 4.78 is 19.3. The number of fused-ring (bicyclic) bond motifs is 10. The number of furan rings is 3. The first-order valence-corrected chi connectivity index (χ1v) is 18.3. The van der Waals surface area contributed by atoms with Gasteiger partial charge in [-0.2, -0.15) is 0 Å². The number of amidine groups is 2. The second-order valence-corrected chi connectivity index (χ2v) is 14.0. The van der Waals surface area contributed by atoms with Crippen LogP contribution in [0.4, 0.5) is 0 Å². The molecule has 1 unspecified atom stereocenters. The molecule has 0 saturated carbocycles. The lowest BCUT2D eigenvalue weighted by atomic mass is 9.98. The van der Waals surface area contributed by atoms with Gasteiger partial charge in [0.1, 0.15) is 45.5 Å². The highest BCUT2D eigenvalue weighted by Crippen LogP contribution is 2.42. The molecule has 1 aliphatic rings. The van der Waals surface area contributed by atoms with Gasteiger partial charge in [-0.05, 0) is 52.7 Å². The highest BCUT2D eigenvalue weighted by atomic mass is 16.3. The third-order valence-electron chi connectivity index (χ3n) is 10.8. The van der Waals surface area contributed by atoms with E-state index >= 15 is 0 Å². The average Bonchev–Trinajstić information content (AvgIpc) is 3.94. The zero-order valence-corrected chi connectivity index (χ0v) is 29.2. The fourth-order valence-corrected chi connectivity index (χ4v) is 8.26. The maximum absolute atomic E-state index is 6.76. The zero-order valence-electron chi connectivity index (χ0n) is 29.2. The van der Waals surface area contributed by atoms with E-state index in [1.54, 1.807) is 0 Å². The third-order valence-corrected chi connectivity index (χ3v) is 10.8. The minimum Gasteiger partial charge on any atom is -0.456 e. The summed E-state index contributed by atoms with van der Waals surface area (Å²) in [5, 5.41) is 12.1. The predicted octanol–water partition coefficient (Wildman–Crippen LogP) is 12.1. The Balaban J connectivity index is 1.05. The van der Waals surface area contributed by atoms with Crippen molar-refractivity contribution < 1.29 is 13.3 Å². The van der Waals surface area contributed by atoms with Crippen LogP contribution in [0.1, 0.15) is 22.9 Å². The Morgan fingerprint density at radius 2 is 1.16 bits per heavy atom. The van der Waals surface area contributed by atoms with Gasteiger partial charge in [0.15, 0.2) is 5.84 Å². The van der Waals surface area contributed by atoms with Crippen molar-refractivity contribution in [2.24, 2.45) is 9.98 Å². The lowest BCUT2D eigenvalue weighted by Gasteiger charge is -2.24. The van der Waals surface area contributed by atoms with E-state index in [1.807, 2.05) is 73.1 Å². The van der Waals surface area contributed by atoms with E-state index in [0.717, 1.165) is 104 Å². The Morgan fingerprint density at radius 1 is 0.473 bits per heavy atom. The minimum atomic E-state index is -0.444. The van der Waals surface area contributed by atoms with Crippen LogP contribution in [-0.2, 0) is 0 Å². The van der Waals surface area contributed by atoms with Gasteiger partial charge in [0, 0.05) is 67.0 Å². The van der Waals surface area contributed by atoms with E-state index in [1.165, 1.54) is 0 Å². The molecular weight excluding hydrogens is 681 g/mol. The number of pyridine rings is 1. The molecule has 0 amide bonds. The van der Waals surface area contributed by atoms with Gasteiger partial charge in [0.05, 0.1) is 0 Å². The van der Waals surface area contributed by atoms with Gasteiger partial charge in [0.2, 0.25) is 0 Å². The van der Waals surface area contributed by atoms with Crippen molar-refractivity contribution in [3.05, 3.63) is 175 Å². The van der Waals surface area contributed by atoms with Crippen LogP contribution in [-0.4, -0.2) is 16.7 Å². The summed E-state index contributed by atoms with van der Waals surface area (Å²) in [5.74, 6) is 1.32. The Kier molecular flexibility index (Phi) is 6.27. The molecule has 1 atom stereocenters. The Morgan fingerprint density at radius 3 is 2.05 bits per heavy atom. The van der Waals surface area contributed by atoms with Gasteiger partial charge in [0.25, 0.3) is 0 Å². The average molecular weight is 709 g/mol. The molecule has 258 valence electrons. The van der Waals surface area contributed by atoms with Gasteiger partial charge < -0.3 is 18.6 Å². The van der Waals surface area contributed by atoms with Crippen LogP contribution in [0.5, 0.6) is 0 Å². The summed E-state index contributed by atoms with van der Waals surface area (Å²) in [7, 11) is 0. The van der Waals surface area contributed by atoms with Crippen molar-refractivity contribution in [3.8, 4) is 11.1 Å². The van der Waals surface area contributed by atoms with E-state index in [-0.39, 0.29) is 0 Å². The van der Waals surface area contributed by atoms with Gasteiger partial charge in [-0.25, -0.2) is 9.98 Å². The first kappa shape index (κ1) is 30.0. The molecule has 7 aromatic carbocycles. The zero-order chi connectivity index (χ0) is 36.0. The normalized spacial score (nSPS) is 14.7. The summed E-state index contributed by atoms with van der Waals surface area (Å²) in [6.07, 6.45) is 3.32. The fraction of sp³-hybridized carbons (Fsp3) is 0.0208. The second kappa shape index (κ2) is 11.5. The molecule has 4 aromatic heterocycles. The molecule has 5 heterocycles. The van der Waals surface area contributed by atoms with Crippen molar-refractivity contribution in [2.45, 2.75) is 6.17 Å². The minimum absolute atomic E-state index is 0.444. The second-order valence-electron chi connectivity index (χ2n) is 14.0. The molecular formula is C48H28N4O3. The van der Waals surface area contributed by atoms with E-state index in [9.17, 15) is 0 Å². The number of nitrogens with one attached hydrogen (secondary N) is 1. The molecule has 0 radical (unpaired) electrons. The standard InChI is InChI=1S/C48H28N4O3/c1-2-10-28-23-29(20-19-27(28)9-1)46-50-47(30-21-22-32-31-11-3-5-15-38(31)54-42(32)24-30)52-48(51-46)35-14-8-18-41-44(35)37-26-49-25-36(45(37)55-41)33-13-7-17-40-43(33)34-12-4-6-16-39(34)53-40/h1-26,47H,(H,50,51,52). The van der Waals surface area contributed by atoms with Gasteiger partial charge in [-0.15, -0.1) is 0 Å². The summed E-state index contributed by atoms with van der Waals surface area (Å²) in [6.45, 7) is 0. The largest absolute Gasteiger partial charge is 0.456 e. The molecule has 0 aliphatic carbocycles. The number of aromatic nitrogens is 1. The van der Waals surface area contributed by atoms with E-state index < -0.39 is 6.17 Å². The van der Waals surface area contributed by atoms with Crippen LogP contribution in [0.15, 0.2) is 181 Å². The van der Waals surface area contributed by atoms with Crippen molar-refractivity contribution >= 4 is 88.3 Å². The molecule has 0 fully saturated rings. The summed E-state index contributed by atoms with van der Waals surface area (Å²) in [4.78, 5) is 15.3. The monoisotopic (exact) mass is 708 g/mol. The number of hydrogen-bond donors (Lipinski definition) is 1. The first-order chi connectivity index (χ1) is 27.2. The molecule has 0 spiro atoms. The number of para-hydroxylation sites is 2. The first-order valence-electron chi connectivity index (χ1n) is 18.3. The number of rotatable bonds is 4. The quantitative estimate of drug-likeness (QED) is 0.197. The van der Waals surface area contributed by atoms with E-state index in [0.29, 0.717) is 11.7 Å². The van der Waals surface area contributed by atoms with Crippen molar-refractivity contribution in [1.82, 2.24) is 10.3 Å². The molecule has 7 heteroatoms. The lowest BCUT2D eigenvalue weighted by molar-refractivity contribution is 0.655. The summed E-state index contributed by atoms with van der Waals surface area (Å²) in [5.41, 5.74) is 9.51.